The van der Waals surface area contributed by atoms with Crippen molar-refractivity contribution in [2.24, 2.45) is 0 Å². The lowest BCUT2D eigenvalue weighted by Gasteiger charge is -2.43. The molecule has 0 radical (unpaired) electrons. The van der Waals surface area contributed by atoms with Crippen LogP contribution >= 0.6 is 0 Å². The second-order valence-corrected chi connectivity index (χ2v) is 17.5. The standard InChI is InChI=1S/C32H40O5SSi/c1-31(2,3)39(29-18-10-6-11-19-29,30-20-12-7-13-21-30)36-25-22-27-15-14-23-32(35-4,37-27)24-26-38(33,34)28-16-8-5-9-17-28/h5-21,27H,22-26H2,1-4H3/t27-,32+/m0/s1. The van der Waals surface area contributed by atoms with Crippen LogP contribution in [0.3, 0.4) is 0 Å². The maximum absolute atomic E-state index is 12.9. The summed E-state index contributed by atoms with van der Waals surface area (Å²) in [4.78, 5) is 0.317. The minimum atomic E-state index is -3.44. The zero-order valence-electron chi connectivity index (χ0n) is 23.4. The van der Waals surface area contributed by atoms with Gasteiger partial charge in [0.25, 0.3) is 8.32 Å². The molecule has 39 heavy (non-hydrogen) atoms. The molecule has 1 aliphatic rings. The van der Waals surface area contributed by atoms with Crippen molar-refractivity contribution < 1.29 is 22.3 Å². The molecule has 3 aromatic carbocycles. The summed E-state index contributed by atoms with van der Waals surface area (Å²) in [6.45, 7) is 7.29. The largest absolute Gasteiger partial charge is 0.407 e. The first kappa shape index (κ1) is 29.4. The molecular weight excluding hydrogens is 525 g/mol. The Bertz CT molecular complexity index is 1280. The Morgan fingerprint density at radius 3 is 1.95 bits per heavy atom. The molecule has 1 aliphatic heterocycles. The second kappa shape index (κ2) is 12.3. The van der Waals surface area contributed by atoms with E-state index >= 15 is 0 Å². The van der Waals surface area contributed by atoms with Crippen LogP contribution in [-0.2, 0) is 23.7 Å². The number of benzene rings is 3. The first-order chi connectivity index (χ1) is 18.6. The lowest BCUT2D eigenvalue weighted by Crippen LogP contribution is -2.66. The first-order valence-electron chi connectivity index (χ1n) is 13.5. The van der Waals surface area contributed by atoms with Crippen LogP contribution in [0.4, 0.5) is 0 Å². The average Bonchev–Trinajstić information content (AvgIpc) is 2.95. The molecule has 0 saturated carbocycles. The quantitative estimate of drug-likeness (QED) is 0.227. The summed E-state index contributed by atoms with van der Waals surface area (Å²) in [7, 11) is -4.50. The van der Waals surface area contributed by atoms with E-state index in [-0.39, 0.29) is 23.3 Å². The summed E-state index contributed by atoms with van der Waals surface area (Å²) >= 11 is 0. The highest BCUT2D eigenvalue weighted by Crippen LogP contribution is 2.37. The Morgan fingerprint density at radius 2 is 1.44 bits per heavy atom. The maximum atomic E-state index is 12.9. The van der Waals surface area contributed by atoms with Crippen LogP contribution in [-0.4, -0.2) is 48.1 Å². The van der Waals surface area contributed by atoms with Gasteiger partial charge in [0.2, 0.25) is 0 Å². The zero-order chi connectivity index (χ0) is 28.0. The minimum absolute atomic E-state index is 0.0516. The molecule has 0 fully saturated rings. The Balaban J connectivity index is 1.49. The smallest absolute Gasteiger partial charge is 0.261 e. The van der Waals surface area contributed by atoms with Gasteiger partial charge in [0.1, 0.15) is 0 Å². The van der Waals surface area contributed by atoms with Crippen molar-refractivity contribution in [2.45, 2.75) is 61.9 Å². The van der Waals surface area contributed by atoms with Crippen molar-refractivity contribution >= 4 is 28.5 Å². The van der Waals surface area contributed by atoms with E-state index in [1.165, 1.54) is 10.4 Å². The van der Waals surface area contributed by atoms with E-state index in [1.807, 2.05) is 30.4 Å². The molecule has 0 N–H and O–H groups in total. The molecule has 1 heterocycles. The number of hydrogen-bond acceptors (Lipinski definition) is 5. The van der Waals surface area contributed by atoms with Gasteiger partial charge < -0.3 is 13.9 Å². The Morgan fingerprint density at radius 1 is 0.897 bits per heavy atom. The molecule has 0 bridgehead atoms. The topological polar surface area (TPSA) is 61.8 Å². The van der Waals surface area contributed by atoms with E-state index in [2.05, 4.69) is 69.3 Å². The summed E-state index contributed by atoms with van der Waals surface area (Å²) in [5.74, 6) is -1.04. The molecule has 0 aliphatic carbocycles. The van der Waals surface area contributed by atoms with Gasteiger partial charge in [-0.05, 0) is 34.0 Å². The first-order valence-corrected chi connectivity index (χ1v) is 17.1. The molecule has 0 aromatic heterocycles. The lowest BCUT2D eigenvalue weighted by molar-refractivity contribution is -0.243. The summed E-state index contributed by atoms with van der Waals surface area (Å²) < 4.78 is 45.1. The number of methoxy groups -OCH3 is 1. The van der Waals surface area contributed by atoms with Crippen molar-refractivity contribution in [1.82, 2.24) is 0 Å². The highest BCUT2D eigenvalue weighted by atomic mass is 32.2. The zero-order valence-corrected chi connectivity index (χ0v) is 25.2. The molecule has 0 amide bonds. The Hall–Kier alpha value is -2.55. The molecule has 2 atom stereocenters. The summed E-state index contributed by atoms with van der Waals surface area (Å²) in [6.07, 6.45) is 5.22. The van der Waals surface area contributed by atoms with Gasteiger partial charge in [-0.1, -0.05) is 112 Å². The second-order valence-electron chi connectivity index (χ2n) is 11.1. The molecule has 0 spiro atoms. The Labute approximate surface area is 234 Å². The maximum Gasteiger partial charge on any atom is 0.261 e. The number of ether oxygens (including phenoxy) is 2. The van der Waals surface area contributed by atoms with Gasteiger partial charge >= 0.3 is 0 Å². The SMILES string of the molecule is CO[C@]1(CCS(=O)(=O)c2ccccc2)CC=C[C@@H](CCO[Si](c2ccccc2)(c2ccccc2)C(C)(C)C)O1. The molecular formula is C32H40O5SSi. The van der Waals surface area contributed by atoms with E-state index in [9.17, 15) is 8.42 Å². The third-order valence-corrected chi connectivity index (χ3v) is 14.3. The summed E-state index contributed by atoms with van der Waals surface area (Å²) in [5, 5.41) is 2.36. The molecule has 0 saturated heterocycles. The van der Waals surface area contributed by atoms with Gasteiger partial charge in [0.05, 0.1) is 16.8 Å². The van der Waals surface area contributed by atoms with E-state index < -0.39 is 23.9 Å². The van der Waals surface area contributed by atoms with E-state index in [0.717, 1.165) is 0 Å². The molecule has 5 nitrogen and oxygen atoms in total. The molecule has 208 valence electrons. The van der Waals surface area contributed by atoms with Gasteiger partial charge in [-0.2, -0.15) is 0 Å². The van der Waals surface area contributed by atoms with Crippen molar-refractivity contribution in [2.75, 3.05) is 19.5 Å². The van der Waals surface area contributed by atoms with E-state index in [4.69, 9.17) is 13.9 Å². The van der Waals surface area contributed by atoms with Crippen LogP contribution in [0.2, 0.25) is 5.04 Å². The third-order valence-electron chi connectivity index (χ3n) is 7.51. The summed E-state index contributed by atoms with van der Waals surface area (Å²) in [5.41, 5.74) is 0. The van der Waals surface area contributed by atoms with E-state index in [1.54, 1.807) is 31.4 Å². The highest BCUT2D eigenvalue weighted by Gasteiger charge is 2.50. The fourth-order valence-corrected chi connectivity index (χ4v) is 11.4. The van der Waals surface area contributed by atoms with Gasteiger partial charge in [-0.15, -0.1) is 0 Å². The molecule has 4 rings (SSSR count). The van der Waals surface area contributed by atoms with Crippen LogP contribution < -0.4 is 10.4 Å². The van der Waals surface area contributed by atoms with Crippen LogP contribution in [0.5, 0.6) is 0 Å². The Kier molecular flexibility index (Phi) is 9.29. The minimum Gasteiger partial charge on any atom is -0.407 e. The number of hydrogen-bond donors (Lipinski definition) is 0. The van der Waals surface area contributed by atoms with Gasteiger partial charge in [0, 0.05) is 26.6 Å². The van der Waals surface area contributed by atoms with Crippen LogP contribution in [0.1, 0.15) is 40.0 Å². The summed E-state index contributed by atoms with van der Waals surface area (Å²) in [6, 6.07) is 29.7. The third kappa shape index (κ3) is 6.61. The number of sulfone groups is 1. The van der Waals surface area contributed by atoms with Crippen LogP contribution in [0.15, 0.2) is 108 Å². The van der Waals surface area contributed by atoms with Gasteiger partial charge in [-0.3, -0.25) is 0 Å². The number of rotatable bonds is 11. The fraction of sp³-hybridized carbons (Fsp3) is 0.375. The predicted octanol–water partition coefficient (Wildman–Crippen LogP) is 5.50. The van der Waals surface area contributed by atoms with E-state index in [0.29, 0.717) is 24.3 Å². The van der Waals surface area contributed by atoms with Crippen LogP contribution in [0, 0.1) is 0 Å². The van der Waals surface area contributed by atoms with Crippen molar-refractivity contribution in [1.29, 1.82) is 0 Å². The average molecular weight is 565 g/mol. The van der Waals surface area contributed by atoms with Crippen LogP contribution in [0.25, 0.3) is 0 Å². The molecule has 0 unspecified atom stereocenters. The van der Waals surface area contributed by atoms with Gasteiger partial charge in [-0.25, -0.2) is 8.42 Å². The highest BCUT2D eigenvalue weighted by molar-refractivity contribution is 7.91. The van der Waals surface area contributed by atoms with Crippen molar-refractivity contribution in [3.05, 3.63) is 103 Å². The molecule has 7 heteroatoms. The predicted molar refractivity (Wildman–Crippen MR) is 160 cm³/mol. The normalized spacial score (nSPS) is 20.2. The molecule has 3 aromatic rings. The fourth-order valence-electron chi connectivity index (χ4n) is 5.44. The lowest BCUT2D eigenvalue weighted by atomic mass is 10.0. The monoisotopic (exact) mass is 564 g/mol. The van der Waals surface area contributed by atoms with Crippen molar-refractivity contribution in [3.8, 4) is 0 Å². The van der Waals surface area contributed by atoms with Gasteiger partial charge in [0.15, 0.2) is 15.6 Å². The van der Waals surface area contributed by atoms with Crippen molar-refractivity contribution in [3.63, 3.8) is 0 Å².